The molecule has 2 heteroatoms. The zero-order valence-corrected chi connectivity index (χ0v) is 8.26. The van der Waals surface area contributed by atoms with Crippen molar-refractivity contribution in [3.63, 3.8) is 0 Å². The molecule has 13 heavy (non-hydrogen) atoms. The number of hydrogen-bond acceptors (Lipinski definition) is 2. The van der Waals surface area contributed by atoms with Crippen molar-refractivity contribution in [1.29, 1.82) is 0 Å². The molecule has 1 aliphatic heterocycles. The van der Waals surface area contributed by atoms with Crippen molar-refractivity contribution in [1.82, 2.24) is 0 Å². The fourth-order valence-corrected chi connectivity index (χ4v) is 1.73. The number of rotatable bonds is 2. The number of epoxide rings is 1. The summed E-state index contributed by atoms with van der Waals surface area (Å²) < 4.78 is 10.6. The summed E-state index contributed by atoms with van der Waals surface area (Å²) in [5, 5.41) is 0. The van der Waals surface area contributed by atoms with Gasteiger partial charge in [0, 0.05) is 5.56 Å². The van der Waals surface area contributed by atoms with E-state index < -0.39 is 0 Å². The van der Waals surface area contributed by atoms with Crippen molar-refractivity contribution in [2.75, 3.05) is 13.7 Å². The van der Waals surface area contributed by atoms with Crippen LogP contribution < -0.4 is 4.74 Å². The minimum atomic E-state index is 0.272. The van der Waals surface area contributed by atoms with Gasteiger partial charge in [-0.3, -0.25) is 0 Å². The molecule has 1 atom stereocenters. The molecule has 1 aromatic rings. The summed E-state index contributed by atoms with van der Waals surface area (Å²) in [5.74, 6) is 0.980. The van der Waals surface area contributed by atoms with Crippen LogP contribution in [0.2, 0.25) is 0 Å². The Bertz CT molecular complexity index is 327. The van der Waals surface area contributed by atoms with Gasteiger partial charge >= 0.3 is 0 Å². The van der Waals surface area contributed by atoms with Crippen molar-refractivity contribution < 1.29 is 9.47 Å². The highest BCUT2D eigenvalue weighted by molar-refractivity contribution is 5.46. The van der Waals surface area contributed by atoms with Crippen LogP contribution >= 0.6 is 0 Å². The average Bonchev–Trinajstić information content (AvgIpc) is 2.85. The molecule has 1 unspecified atom stereocenters. The van der Waals surface area contributed by atoms with E-state index in [2.05, 4.69) is 26.0 Å². The second kappa shape index (κ2) is 3.04. The Morgan fingerprint density at radius 3 is 2.62 bits per heavy atom. The monoisotopic (exact) mass is 178 g/mol. The Balaban J connectivity index is 2.50. The van der Waals surface area contributed by atoms with Crippen LogP contribution in [-0.4, -0.2) is 13.7 Å². The van der Waals surface area contributed by atoms with Crippen LogP contribution in [0.25, 0.3) is 0 Å². The predicted molar refractivity (Wildman–Crippen MR) is 51.2 cm³/mol. The maximum absolute atomic E-state index is 5.35. The van der Waals surface area contributed by atoms with Crippen LogP contribution in [0.1, 0.15) is 22.8 Å². The maximum atomic E-state index is 5.35. The Hall–Kier alpha value is -1.02. The molecule has 0 N–H and O–H groups in total. The lowest BCUT2D eigenvalue weighted by Crippen LogP contribution is -1.94. The summed E-state index contributed by atoms with van der Waals surface area (Å²) in [6, 6.07) is 4.27. The molecule has 0 amide bonds. The normalized spacial score (nSPS) is 20.1. The number of hydrogen-bond donors (Lipinski definition) is 0. The quantitative estimate of drug-likeness (QED) is 0.648. The molecule has 1 aliphatic rings. The summed E-state index contributed by atoms with van der Waals surface area (Å²) >= 11 is 0. The van der Waals surface area contributed by atoms with E-state index in [1.54, 1.807) is 7.11 Å². The second-order valence-corrected chi connectivity index (χ2v) is 3.53. The third-order valence-electron chi connectivity index (χ3n) is 2.33. The van der Waals surface area contributed by atoms with Crippen LogP contribution in [0.15, 0.2) is 12.1 Å². The molecule has 2 nitrogen and oxygen atoms in total. The molecule has 1 fully saturated rings. The summed E-state index contributed by atoms with van der Waals surface area (Å²) in [5.41, 5.74) is 3.65. The largest absolute Gasteiger partial charge is 0.496 e. The number of methoxy groups -OCH3 is 1. The molecule has 70 valence electrons. The topological polar surface area (TPSA) is 21.8 Å². The third kappa shape index (κ3) is 1.54. The first-order valence-electron chi connectivity index (χ1n) is 4.49. The van der Waals surface area contributed by atoms with Crippen molar-refractivity contribution in [2.45, 2.75) is 20.0 Å². The van der Waals surface area contributed by atoms with E-state index >= 15 is 0 Å². The molecule has 0 radical (unpaired) electrons. The summed E-state index contributed by atoms with van der Waals surface area (Å²) in [7, 11) is 1.71. The highest BCUT2D eigenvalue weighted by Crippen LogP contribution is 2.38. The van der Waals surface area contributed by atoms with Crippen molar-refractivity contribution >= 4 is 0 Å². The third-order valence-corrected chi connectivity index (χ3v) is 2.33. The zero-order chi connectivity index (χ0) is 9.42. The number of benzene rings is 1. The van der Waals surface area contributed by atoms with Gasteiger partial charge in [0.25, 0.3) is 0 Å². The highest BCUT2D eigenvalue weighted by Gasteiger charge is 2.28. The fraction of sp³-hybridized carbons (Fsp3) is 0.455. The van der Waals surface area contributed by atoms with E-state index in [1.165, 1.54) is 16.7 Å². The Kier molecular flexibility index (Phi) is 2.00. The first kappa shape index (κ1) is 8.57. The molecule has 1 saturated heterocycles. The maximum Gasteiger partial charge on any atom is 0.127 e. The molecule has 0 bridgehead atoms. The smallest absolute Gasteiger partial charge is 0.127 e. The van der Waals surface area contributed by atoms with Gasteiger partial charge in [0.05, 0.1) is 13.7 Å². The lowest BCUT2D eigenvalue weighted by Gasteiger charge is -2.10. The van der Waals surface area contributed by atoms with Gasteiger partial charge in [-0.25, -0.2) is 0 Å². The fourth-order valence-electron chi connectivity index (χ4n) is 1.73. The lowest BCUT2D eigenvalue weighted by atomic mass is 10.0. The van der Waals surface area contributed by atoms with Crippen molar-refractivity contribution in [3.8, 4) is 5.75 Å². The highest BCUT2D eigenvalue weighted by atomic mass is 16.6. The van der Waals surface area contributed by atoms with E-state index in [-0.39, 0.29) is 6.10 Å². The number of aryl methyl sites for hydroxylation is 2. The van der Waals surface area contributed by atoms with Gasteiger partial charge in [0.2, 0.25) is 0 Å². The van der Waals surface area contributed by atoms with Gasteiger partial charge < -0.3 is 9.47 Å². The predicted octanol–water partition coefficient (Wildman–Crippen LogP) is 2.38. The molecular formula is C11H14O2. The molecule has 2 rings (SSSR count). The van der Waals surface area contributed by atoms with Gasteiger partial charge in [0.1, 0.15) is 11.9 Å². The Morgan fingerprint density at radius 1 is 1.38 bits per heavy atom. The average molecular weight is 178 g/mol. The zero-order valence-electron chi connectivity index (χ0n) is 8.26. The van der Waals surface area contributed by atoms with Gasteiger partial charge in [-0.15, -0.1) is 0 Å². The molecule has 1 heterocycles. The van der Waals surface area contributed by atoms with Crippen LogP contribution in [0.4, 0.5) is 0 Å². The Morgan fingerprint density at radius 2 is 2.08 bits per heavy atom. The van der Waals surface area contributed by atoms with Crippen LogP contribution in [0.5, 0.6) is 5.75 Å². The molecule has 1 aromatic carbocycles. The lowest BCUT2D eigenvalue weighted by molar-refractivity contribution is 0.381. The van der Waals surface area contributed by atoms with Crippen LogP contribution in [0, 0.1) is 13.8 Å². The van der Waals surface area contributed by atoms with E-state index in [9.17, 15) is 0 Å². The van der Waals surface area contributed by atoms with Gasteiger partial charge in [-0.2, -0.15) is 0 Å². The van der Waals surface area contributed by atoms with Crippen molar-refractivity contribution in [3.05, 3.63) is 28.8 Å². The van der Waals surface area contributed by atoms with Crippen LogP contribution in [0.3, 0.4) is 0 Å². The molecule has 0 aromatic heterocycles. The Labute approximate surface area is 78.5 Å². The number of ether oxygens (including phenoxy) is 2. The SMILES string of the molecule is COc1c(C)cc(C)cc1C1CO1. The minimum absolute atomic E-state index is 0.272. The first-order chi connectivity index (χ1) is 6.22. The summed E-state index contributed by atoms with van der Waals surface area (Å²) in [6.45, 7) is 5.00. The summed E-state index contributed by atoms with van der Waals surface area (Å²) in [4.78, 5) is 0. The van der Waals surface area contributed by atoms with Gasteiger partial charge in [0.15, 0.2) is 0 Å². The molecule has 0 aliphatic carbocycles. The van der Waals surface area contributed by atoms with Gasteiger partial charge in [-0.05, 0) is 25.5 Å². The van der Waals surface area contributed by atoms with E-state index in [0.29, 0.717) is 0 Å². The van der Waals surface area contributed by atoms with E-state index in [4.69, 9.17) is 9.47 Å². The molecule has 0 spiro atoms. The van der Waals surface area contributed by atoms with E-state index in [0.717, 1.165) is 12.4 Å². The molecular weight excluding hydrogens is 164 g/mol. The van der Waals surface area contributed by atoms with Crippen molar-refractivity contribution in [2.24, 2.45) is 0 Å². The van der Waals surface area contributed by atoms with Gasteiger partial charge in [-0.1, -0.05) is 11.6 Å². The van der Waals surface area contributed by atoms with Crippen LogP contribution in [-0.2, 0) is 4.74 Å². The molecule has 0 saturated carbocycles. The minimum Gasteiger partial charge on any atom is -0.496 e. The summed E-state index contributed by atoms with van der Waals surface area (Å²) in [6.07, 6.45) is 0.272. The second-order valence-electron chi connectivity index (χ2n) is 3.53. The standard InChI is InChI=1S/C11H14O2/c1-7-4-8(2)11(12-3)9(5-7)10-6-13-10/h4-5,10H,6H2,1-3H3. The van der Waals surface area contributed by atoms with E-state index in [1.807, 2.05) is 0 Å². The first-order valence-corrected chi connectivity index (χ1v) is 4.49.